The van der Waals surface area contributed by atoms with Gasteiger partial charge >= 0.3 is 0 Å². The van der Waals surface area contributed by atoms with E-state index in [0.29, 0.717) is 0 Å². The van der Waals surface area contributed by atoms with E-state index in [0.717, 1.165) is 0 Å². The van der Waals surface area contributed by atoms with Crippen LogP contribution in [0.15, 0.2) is 0 Å². The Morgan fingerprint density at radius 3 is 2.08 bits per heavy atom. The molecule has 0 aromatic rings. The van der Waals surface area contributed by atoms with Gasteiger partial charge in [-0.05, 0) is 0 Å². The van der Waals surface area contributed by atoms with Gasteiger partial charge in [-0.2, -0.15) is 0 Å². The van der Waals surface area contributed by atoms with E-state index < -0.39 is 31.7 Å². The molecular formula is C6H15NO5. The van der Waals surface area contributed by atoms with E-state index >= 15 is 0 Å². The molecule has 0 saturated heterocycles. The van der Waals surface area contributed by atoms with Crippen LogP contribution in [0.3, 0.4) is 0 Å². The molecule has 0 spiro atoms. The lowest BCUT2D eigenvalue weighted by atomic mass is 10.2. The Morgan fingerprint density at radius 1 is 1.17 bits per heavy atom. The lowest BCUT2D eigenvalue weighted by molar-refractivity contribution is -0.175. The fourth-order valence-electron chi connectivity index (χ4n) is 0.630. The molecule has 0 saturated carbocycles. The summed E-state index contributed by atoms with van der Waals surface area (Å²) in [4.78, 5) is 0. The van der Waals surface area contributed by atoms with Gasteiger partial charge in [0.25, 0.3) is 0 Å². The summed E-state index contributed by atoms with van der Waals surface area (Å²) < 4.78 is 4.67. The monoisotopic (exact) mass is 181 g/mol. The first-order valence-electron chi connectivity index (χ1n) is 3.59. The molecule has 0 aromatic heterocycles. The van der Waals surface area contributed by atoms with Gasteiger partial charge in [-0.1, -0.05) is 0 Å². The number of rotatable bonds is 6. The summed E-state index contributed by atoms with van der Waals surface area (Å²) in [6, 6.07) is 0. The molecule has 0 aliphatic carbocycles. The van der Waals surface area contributed by atoms with Crippen molar-refractivity contribution >= 4 is 0 Å². The van der Waals surface area contributed by atoms with E-state index in [-0.39, 0.29) is 6.54 Å². The zero-order chi connectivity index (χ0) is 9.56. The number of hydrogen-bond acceptors (Lipinski definition) is 6. The average Bonchev–Trinajstić information content (AvgIpc) is 2.12. The maximum absolute atomic E-state index is 8.98. The topological polar surface area (TPSA) is 116 Å². The Kier molecular flexibility index (Phi) is 6.17. The first-order valence-corrected chi connectivity index (χ1v) is 3.59. The summed E-state index contributed by atoms with van der Waals surface area (Å²) in [6.07, 6.45) is -3.45. The highest BCUT2D eigenvalue weighted by atomic mass is 16.6. The highest BCUT2D eigenvalue weighted by molar-refractivity contribution is 4.67. The molecule has 0 aliphatic heterocycles. The normalized spacial score (nSPS) is 18.8. The molecule has 74 valence electrons. The predicted octanol–water partition coefficient (Wildman–Crippen LogP) is -3.01. The second-order valence-corrected chi connectivity index (χ2v) is 2.30. The number of ether oxygens (including phenoxy) is 1. The summed E-state index contributed by atoms with van der Waals surface area (Å²) in [5, 5.41) is 34.9. The highest BCUT2D eigenvalue weighted by Crippen LogP contribution is 2.00. The Labute approximate surface area is 70.2 Å². The Bertz CT molecular complexity index is 112. The number of aliphatic hydroxyl groups is 4. The van der Waals surface area contributed by atoms with Crippen molar-refractivity contribution < 1.29 is 25.2 Å². The van der Waals surface area contributed by atoms with Crippen LogP contribution in [0.2, 0.25) is 0 Å². The van der Waals surface area contributed by atoms with E-state index in [1.165, 1.54) is 0 Å². The maximum atomic E-state index is 8.98. The van der Waals surface area contributed by atoms with Gasteiger partial charge in [0, 0.05) is 6.54 Å². The molecule has 0 radical (unpaired) electrons. The minimum absolute atomic E-state index is 0.130. The van der Waals surface area contributed by atoms with Crippen LogP contribution < -0.4 is 5.73 Å². The summed E-state index contributed by atoms with van der Waals surface area (Å²) in [6.45, 7) is -1.16. The van der Waals surface area contributed by atoms with Gasteiger partial charge in [0.1, 0.15) is 12.2 Å². The van der Waals surface area contributed by atoms with Crippen LogP contribution in [0, 0.1) is 0 Å². The van der Waals surface area contributed by atoms with E-state index in [1.807, 2.05) is 0 Å². The molecule has 0 amide bonds. The standard InChI is InChI=1S/C6H15NO5/c7-1-6(11)12-5(3-9)4(10)2-8/h4-6,8-11H,1-3,7H2/t4-,5?,6+/m0/s1. The molecule has 0 fully saturated rings. The third-order valence-electron chi connectivity index (χ3n) is 1.33. The summed E-state index contributed by atoms with van der Waals surface area (Å²) >= 11 is 0. The maximum Gasteiger partial charge on any atom is 0.167 e. The van der Waals surface area contributed by atoms with Crippen LogP contribution in [-0.4, -0.2) is 58.7 Å². The van der Waals surface area contributed by atoms with Crippen molar-refractivity contribution in [3.8, 4) is 0 Å². The molecule has 1 unspecified atom stereocenters. The van der Waals surface area contributed by atoms with Crippen molar-refractivity contribution in [1.29, 1.82) is 0 Å². The predicted molar refractivity (Wildman–Crippen MR) is 40.1 cm³/mol. The fourth-order valence-corrected chi connectivity index (χ4v) is 0.630. The second kappa shape index (κ2) is 6.30. The quantitative estimate of drug-likeness (QED) is 0.279. The van der Waals surface area contributed by atoms with Gasteiger partial charge < -0.3 is 30.9 Å². The van der Waals surface area contributed by atoms with E-state index in [2.05, 4.69) is 4.74 Å². The van der Waals surface area contributed by atoms with Crippen molar-refractivity contribution in [3.63, 3.8) is 0 Å². The van der Waals surface area contributed by atoms with Crippen LogP contribution in [-0.2, 0) is 4.74 Å². The fraction of sp³-hybridized carbons (Fsp3) is 1.00. The first-order chi connectivity index (χ1) is 5.65. The van der Waals surface area contributed by atoms with E-state index in [4.69, 9.17) is 26.2 Å². The number of nitrogens with two attached hydrogens (primary N) is 1. The van der Waals surface area contributed by atoms with Gasteiger partial charge in [-0.3, -0.25) is 0 Å². The van der Waals surface area contributed by atoms with Gasteiger partial charge in [0.05, 0.1) is 13.2 Å². The largest absolute Gasteiger partial charge is 0.394 e. The zero-order valence-corrected chi connectivity index (χ0v) is 6.63. The molecule has 0 bridgehead atoms. The zero-order valence-electron chi connectivity index (χ0n) is 6.63. The Hall–Kier alpha value is -0.240. The van der Waals surface area contributed by atoms with Crippen molar-refractivity contribution in [2.45, 2.75) is 18.5 Å². The average molecular weight is 181 g/mol. The highest BCUT2D eigenvalue weighted by Gasteiger charge is 2.20. The number of aliphatic hydroxyl groups excluding tert-OH is 4. The molecule has 3 atom stereocenters. The van der Waals surface area contributed by atoms with E-state index in [1.54, 1.807) is 0 Å². The summed E-state index contributed by atoms with van der Waals surface area (Å²) in [5.41, 5.74) is 5.02. The molecule has 6 nitrogen and oxygen atoms in total. The van der Waals surface area contributed by atoms with Crippen molar-refractivity contribution in [2.24, 2.45) is 5.73 Å². The van der Waals surface area contributed by atoms with Gasteiger partial charge in [-0.15, -0.1) is 0 Å². The first kappa shape index (κ1) is 11.8. The molecule has 6 N–H and O–H groups in total. The SMILES string of the molecule is NC[C@H](O)OC(CO)[C@@H](O)CO. The molecule has 0 rings (SSSR count). The van der Waals surface area contributed by atoms with Gasteiger partial charge in [0.15, 0.2) is 6.29 Å². The summed E-state index contributed by atoms with van der Waals surface area (Å²) in [5.74, 6) is 0. The van der Waals surface area contributed by atoms with E-state index in [9.17, 15) is 0 Å². The third-order valence-corrected chi connectivity index (χ3v) is 1.33. The second-order valence-electron chi connectivity index (χ2n) is 2.30. The summed E-state index contributed by atoms with van der Waals surface area (Å²) in [7, 11) is 0. The number of hydrogen-bond donors (Lipinski definition) is 5. The lowest BCUT2D eigenvalue weighted by Gasteiger charge is -2.22. The minimum atomic E-state index is -1.23. The van der Waals surface area contributed by atoms with Crippen LogP contribution in [0.5, 0.6) is 0 Å². The van der Waals surface area contributed by atoms with Crippen LogP contribution >= 0.6 is 0 Å². The van der Waals surface area contributed by atoms with Gasteiger partial charge in [0.2, 0.25) is 0 Å². The van der Waals surface area contributed by atoms with Crippen molar-refractivity contribution in [3.05, 3.63) is 0 Å². The smallest absolute Gasteiger partial charge is 0.167 e. The molecule has 0 aliphatic rings. The lowest BCUT2D eigenvalue weighted by Crippen LogP contribution is -2.40. The third kappa shape index (κ3) is 3.96. The minimum Gasteiger partial charge on any atom is -0.394 e. The van der Waals surface area contributed by atoms with Crippen molar-refractivity contribution in [2.75, 3.05) is 19.8 Å². The molecule has 12 heavy (non-hydrogen) atoms. The van der Waals surface area contributed by atoms with Gasteiger partial charge in [-0.25, -0.2) is 0 Å². The van der Waals surface area contributed by atoms with Crippen LogP contribution in [0.1, 0.15) is 0 Å². The Morgan fingerprint density at radius 2 is 1.75 bits per heavy atom. The van der Waals surface area contributed by atoms with Crippen LogP contribution in [0.4, 0.5) is 0 Å². The molecule has 0 aromatic carbocycles. The molecular weight excluding hydrogens is 166 g/mol. The van der Waals surface area contributed by atoms with Crippen molar-refractivity contribution in [1.82, 2.24) is 0 Å². The Balaban J connectivity index is 3.81. The molecule has 0 heterocycles. The van der Waals surface area contributed by atoms with Crippen LogP contribution in [0.25, 0.3) is 0 Å². The molecule has 6 heteroatoms.